The fourth-order valence-electron chi connectivity index (χ4n) is 7.74. The van der Waals surface area contributed by atoms with Crippen molar-refractivity contribution >= 4 is 29.3 Å². The minimum atomic E-state index is -0.994. The van der Waals surface area contributed by atoms with Gasteiger partial charge in [-0.15, -0.1) is 5.92 Å². The van der Waals surface area contributed by atoms with Gasteiger partial charge in [0, 0.05) is 17.8 Å². The van der Waals surface area contributed by atoms with Crippen molar-refractivity contribution in [2.45, 2.75) is 68.5 Å². The van der Waals surface area contributed by atoms with E-state index in [2.05, 4.69) is 54.4 Å². The summed E-state index contributed by atoms with van der Waals surface area (Å²) in [6, 6.07) is 6.39. The van der Waals surface area contributed by atoms with Crippen LogP contribution < -0.4 is 9.47 Å². The van der Waals surface area contributed by atoms with E-state index in [0.29, 0.717) is 31.5 Å². The molecule has 1 N–H and O–H groups in total. The Hall–Kier alpha value is -2.32. The van der Waals surface area contributed by atoms with Gasteiger partial charge in [-0.2, -0.15) is 0 Å². The topological polar surface area (TPSA) is 55.8 Å². The number of ether oxygens (including phenoxy) is 2. The maximum Gasteiger partial charge on any atom is 0.161 e. The smallest absolute Gasteiger partial charge is 0.161 e. The van der Waals surface area contributed by atoms with Crippen LogP contribution in [0.25, 0.3) is 0 Å². The molecule has 4 aliphatic carbocycles. The molecule has 36 heavy (non-hydrogen) atoms. The van der Waals surface area contributed by atoms with Gasteiger partial charge in [-0.05, 0) is 85.3 Å². The Kier molecular flexibility index (Phi) is 5.58. The predicted octanol–water partition coefficient (Wildman–Crippen LogP) is 2.06. The number of carbonyl (C=O) groups excluding carboxylic acids is 1. The highest BCUT2D eigenvalue weighted by atomic mass is 16.6. The van der Waals surface area contributed by atoms with Gasteiger partial charge in [0.1, 0.15) is 42.4 Å². The molecule has 1 aromatic rings. The number of rotatable bonds is 1. The number of hydrogen-bond donors (Lipinski definition) is 1. The maximum absolute atomic E-state index is 12.3. The van der Waals surface area contributed by atoms with Gasteiger partial charge >= 0.3 is 0 Å². The molecule has 6 rings (SSSR count). The van der Waals surface area contributed by atoms with Crippen molar-refractivity contribution in [1.29, 1.82) is 0 Å². The van der Waals surface area contributed by atoms with Crippen molar-refractivity contribution in [1.82, 2.24) is 0 Å². The highest BCUT2D eigenvalue weighted by molar-refractivity contribution is 6.61. The molecule has 0 spiro atoms. The summed E-state index contributed by atoms with van der Waals surface area (Å²) in [5, 5.41) is 12.0. The highest BCUT2D eigenvalue weighted by Gasteiger charge is 2.62. The number of hydrogen-bond acceptors (Lipinski definition) is 4. The minimum absolute atomic E-state index is 0.152. The van der Waals surface area contributed by atoms with E-state index in [9.17, 15) is 9.90 Å². The normalized spacial score (nSPS) is 35.1. The average molecular weight is 480 g/mol. The molecule has 4 nitrogen and oxygen atoms in total. The summed E-state index contributed by atoms with van der Waals surface area (Å²) >= 11 is 0. The number of carbonyl (C=O) groups is 1. The standard InChI is InChI=1S/C29H35B3O4/c1-27-16-22(18-3-7-24-25(15-18)36-13-12-35-24)26-20-6-4-19(33)14-17(20)2-5-21(26)23(27)8-9-28(27,34)10-11-29(30,31)32/h3,7,14-15,21-23,34H,2,4-6,8-9,12-13,16,30-32H2,1H3/t21-,22+,23-,27-,28+/m0/s1. The largest absolute Gasteiger partial charge is 0.486 e. The van der Waals surface area contributed by atoms with Crippen LogP contribution in [-0.4, -0.2) is 53.2 Å². The molecule has 2 saturated carbocycles. The molecular weight excluding hydrogens is 445 g/mol. The van der Waals surface area contributed by atoms with Crippen LogP contribution in [0.1, 0.15) is 63.4 Å². The molecule has 184 valence electrons. The number of allylic oxidation sites excluding steroid dienone is 4. The van der Waals surface area contributed by atoms with E-state index in [1.165, 1.54) is 22.3 Å². The summed E-state index contributed by atoms with van der Waals surface area (Å²) < 4.78 is 11.8. The molecule has 5 atom stereocenters. The second kappa shape index (κ2) is 8.35. The van der Waals surface area contributed by atoms with Crippen molar-refractivity contribution in [3.05, 3.63) is 46.6 Å². The Labute approximate surface area is 217 Å². The van der Waals surface area contributed by atoms with Crippen LogP contribution in [0.4, 0.5) is 0 Å². The molecule has 7 heteroatoms. The summed E-state index contributed by atoms with van der Waals surface area (Å²) in [6.45, 7) is 3.44. The molecule has 0 amide bonds. The van der Waals surface area contributed by atoms with Crippen LogP contribution in [-0.2, 0) is 4.79 Å². The number of ketones is 1. The Morgan fingerprint density at radius 2 is 1.86 bits per heavy atom. The minimum Gasteiger partial charge on any atom is -0.486 e. The first-order valence-corrected chi connectivity index (χ1v) is 13.7. The molecule has 1 aliphatic heterocycles. The van der Waals surface area contributed by atoms with Crippen molar-refractivity contribution in [3.63, 3.8) is 0 Å². The van der Waals surface area contributed by atoms with Crippen LogP contribution in [0, 0.1) is 29.1 Å². The third kappa shape index (κ3) is 3.79. The fraction of sp³-hybridized carbons (Fsp3) is 0.552. The molecule has 0 bridgehead atoms. The summed E-state index contributed by atoms with van der Waals surface area (Å²) in [7, 11) is 6.33. The SMILES string of the molecule is BC(B)(B)C#C[C@]1(O)CC[C@H]2[C@@H]3CCC4=CC(=O)CCC4=C3[C@@H](c3ccc4c(c3)OCCO4)C[C@@]21C. The summed E-state index contributed by atoms with van der Waals surface area (Å²) in [6.07, 6.45) is 7.94. The average Bonchev–Trinajstić information content (AvgIpc) is 3.12. The summed E-state index contributed by atoms with van der Waals surface area (Å²) in [5.41, 5.74) is 4.12. The van der Waals surface area contributed by atoms with Crippen molar-refractivity contribution in [2.75, 3.05) is 13.2 Å². The van der Waals surface area contributed by atoms with E-state index in [1.54, 1.807) is 0 Å². The van der Waals surface area contributed by atoms with E-state index in [1.807, 2.05) is 12.1 Å². The van der Waals surface area contributed by atoms with Gasteiger partial charge in [0.15, 0.2) is 17.3 Å². The summed E-state index contributed by atoms with van der Waals surface area (Å²) in [5.74, 6) is 9.64. The maximum atomic E-state index is 12.3. The zero-order chi connectivity index (χ0) is 25.3. The Morgan fingerprint density at radius 1 is 1.08 bits per heavy atom. The molecule has 5 aliphatic rings. The number of benzene rings is 1. The molecule has 0 radical (unpaired) electrons. The molecule has 0 aromatic heterocycles. The third-order valence-electron chi connectivity index (χ3n) is 9.50. The van der Waals surface area contributed by atoms with Crippen molar-refractivity contribution in [2.24, 2.45) is 17.3 Å². The zero-order valence-electron chi connectivity index (χ0n) is 22.1. The van der Waals surface area contributed by atoms with Crippen LogP contribution >= 0.6 is 0 Å². The monoisotopic (exact) mass is 480 g/mol. The highest BCUT2D eigenvalue weighted by Crippen LogP contribution is 2.66. The fourth-order valence-corrected chi connectivity index (χ4v) is 7.74. The molecule has 2 fully saturated rings. The lowest BCUT2D eigenvalue weighted by molar-refractivity contribution is -0.114. The van der Waals surface area contributed by atoms with E-state index >= 15 is 0 Å². The second-order valence-electron chi connectivity index (χ2n) is 12.8. The number of aliphatic hydroxyl groups is 1. The van der Waals surface area contributed by atoms with Crippen molar-refractivity contribution < 1.29 is 19.4 Å². The van der Waals surface area contributed by atoms with Gasteiger partial charge in [-0.25, -0.2) is 0 Å². The first-order valence-electron chi connectivity index (χ1n) is 13.7. The lowest BCUT2D eigenvalue weighted by Crippen LogP contribution is -2.51. The molecule has 0 unspecified atom stereocenters. The van der Waals surface area contributed by atoms with Gasteiger partial charge < -0.3 is 14.6 Å². The predicted molar refractivity (Wildman–Crippen MR) is 149 cm³/mol. The second-order valence-corrected chi connectivity index (χ2v) is 12.8. The van der Waals surface area contributed by atoms with Gasteiger partial charge in [-0.3, -0.25) is 4.79 Å². The van der Waals surface area contributed by atoms with E-state index in [4.69, 9.17) is 9.47 Å². The van der Waals surface area contributed by atoms with E-state index in [-0.39, 0.29) is 22.2 Å². The molecule has 1 heterocycles. The quantitative estimate of drug-likeness (QED) is 0.495. The van der Waals surface area contributed by atoms with Crippen LogP contribution in [0.15, 0.2) is 41.0 Å². The lowest BCUT2D eigenvalue weighted by atomic mass is 9.43. The zero-order valence-corrected chi connectivity index (χ0v) is 22.1. The van der Waals surface area contributed by atoms with Crippen LogP contribution in [0.2, 0.25) is 5.11 Å². The Morgan fingerprint density at radius 3 is 2.64 bits per heavy atom. The van der Waals surface area contributed by atoms with Gasteiger partial charge in [-0.1, -0.05) is 29.6 Å². The van der Waals surface area contributed by atoms with Crippen LogP contribution in [0.5, 0.6) is 11.5 Å². The third-order valence-corrected chi connectivity index (χ3v) is 9.50. The van der Waals surface area contributed by atoms with E-state index in [0.717, 1.165) is 50.0 Å². The van der Waals surface area contributed by atoms with Crippen molar-refractivity contribution in [3.8, 4) is 23.3 Å². The first kappa shape index (κ1) is 24.0. The number of fused-ring (bicyclic) bond motifs is 5. The molecule has 0 saturated heterocycles. The van der Waals surface area contributed by atoms with Crippen LogP contribution in [0.3, 0.4) is 0 Å². The molecule has 1 aromatic carbocycles. The summed E-state index contributed by atoms with van der Waals surface area (Å²) in [4.78, 5) is 12.3. The molecular formula is C29H35B3O4. The Bertz CT molecular complexity index is 1250. The Balaban J connectivity index is 1.50. The van der Waals surface area contributed by atoms with E-state index < -0.39 is 5.60 Å². The van der Waals surface area contributed by atoms with Gasteiger partial charge in [0.25, 0.3) is 0 Å². The van der Waals surface area contributed by atoms with Gasteiger partial charge in [0.05, 0.1) is 0 Å². The lowest BCUT2D eigenvalue weighted by Gasteiger charge is -2.53. The first-order chi connectivity index (χ1) is 17.1. The van der Waals surface area contributed by atoms with Gasteiger partial charge in [0.2, 0.25) is 0 Å².